The van der Waals surface area contributed by atoms with Crippen LogP contribution in [0.4, 0.5) is 18.9 Å². The maximum Gasteiger partial charge on any atom is 0.416 e. The summed E-state index contributed by atoms with van der Waals surface area (Å²) in [6.45, 7) is 3.58. The molecule has 0 saturated carbocycles. The zero-order valence-corrected chi connectivity index (χ0v) is 15.2. The molecule has 1 aliphatic rings. The number of carboxylic acid groups (broad SMARTS) is 1. The van der Waals surface area contributed by atoms with Crippen molar-refractivity contribution in [1.82, 2.24) is 4.90 Å². The van der Waals surface area contributed by atoms with Gasteiger partial charge in [0.2, 0.25) is 0 Å². The van der Waals surface area contributed by atoms with Gasteiger partial charge in [0, 0.05) is 38.4 Å². The predicted octanol–water partition coefficient (Wildman–Crippen LogP) is 3.60. The Labute approximate surface area is 160 Å². The zero-order valence-electron chi connectivity index (χ0n) is 15.2. The van der Waals surface area contributed by atoms with Crippen LogP contribution in [-0.2, 0) is 6.18 Å². The number of halogens is 3. The van der Waals surface area contributed by atoms with Crippen LogP contribution < -0.4 is 9.64 Å². The average Bonchev–Trinajstić information content (AvgIpc) is 2.68. The summed E-state index contributed by atoms with van der Waals surface area (Å²) in [5.41, 5.74) is 0.0518. The fourth-order valence-electron chi connectivity index (χ4n) is 3.16. The standard InChI is InChI=1S/C20H21F3N2O3/c21-20(22,23)15-4-3-5-16(14-15)25-10-8-24(9-11-25)12-13-28-18-7-2-1-6-17(18)19(26)27/h1-7,14H,8-13H2,(H,26,27). The highest BCUT2D eigenvalue weighted by Crippen LogP contribution is 2.31. The average molecular weight is 394 g/mol. The van der Waals surface area contributed by atoms with E-state index in [1.165, 1.54) is 18.2 Å². The molecule has 3 rings (SSSR count). The monoisotopic (exact) mass is 394 g/mol. The Morgan fingerprint density at radius 3 is 2.43 bits per heavy atom. The molecule has 150 valence electrons. The summed E-state index contributed by atoms with van der Waals surface area (Å²) in [5, 5.41) is 9.15. The number of benzene rings is 2. The highest BCUT2D eigenvalue weighted by atomic mass is 19.4. The maximum absolute atomic E-state index is 12.9. The van der Waals surface area contributed by atoms with Gasteiger partial charge in [-0.05, 0) is 30.3 Å². The topological polar surface area (TPSA) is 53.0 Å². The van der Waals surface area contributed by atoms with E-state index < -0.39 is 17.7 Å². The summed E-state index contributed by atoms with van der Waals surface area (Å²) in [5.74, 6) is -0.706. The third-order valence-electron chi connectivity index (χ3n) is 4.69. The van der Waals surface area contributed by atoms with Crippen LogP contribution in [0.2, 0.25) is 0 Å². The van der Waals surface area contributed by atoms with Crippen molar-refractivity contribution >= 4 is 11.7 Å². The fraction of sp³-hybridized carbons (Fsp3) is 0.350. The molecule has 1 N–H and O–H groups in total. The Morgan fingerprint density at radius 2 is 1.75 bits per heavy atom. The van der Waals surface area contributed by atoms with Crippen molar-refractivity contribution in [3.05, 3.63) is 59.7 Å². The number of aromatic carboxylic acids is 1. The van der Waals surface area contributed by atoms with Crippen molar-refractivity contribution in [2.45, 2.75) is 6.18 Å². The van der Waals surface area contributed by atoms with Gasteiger partial charge in [-0.1, -0.05) is 18.2 Å². The van der Waals surface area contributed by atoms with E-state index >= 15 is 0 Å². The van der Waals surface area contributed by atoms with Crippen LogP contribution in [0.25, 0.3) is 0 Å². The first kappa shape index (κ1) is 20.0. The minimum absolute atomic E-state index is 0.122. The Hall–Kier alpha value is -2.74. The molecule has 1 saturated heterocycles. The van der Waals surface area contributed by atoms with Crippen molar-refractivity contribution in [2.24, 2.45) is 0 Å². The van der Waals surface area contributed by atoms with Crippen LogP contribution in [0.15, 0.2) is 48.5 Å². The van der Waals surface area contributed by atoms with Gasteiger partial charge in [-0.3, -0.25) is 4.90 Å². The van der Waals surface area contributed by atoms with Crippen LogP contribution in [0.1, 0.15) is 15.9 Å². The molecule has 1 aliphatic heterocycles. The van der Waals surface area contributed by atoms with E-state index in [1.807, 2.05) is 4.90 Å². The highest BCUT2D eigenvalue weighted by Gasteiger charge is 2.31. The van der Waals surface area contributed by atoms with Crippen LogP contribution in [-0.4, -0.2) is 55.3 Å². The van der Waals surface area contributed by atoms with Gasteiger partial charge in [0.05, 0.1) is 5.56 Å². The number of hydrogen-bond donors (Lipinski definition) is 1. The van der Waals surface area contributed by atoms with Crippen LogP contribution in [0.3, 0.4) is 0 Å². The second kappa shape index (κ2) is 8.52. The lowest BCUT2D eigenvalue weighted by molar-refractivity contribution is -0.137. The predicted molar refractivity (Wildman–Crippen MR) is 99.0 cm³/mol. The molecular formula is C20H21F3N2O3. The second-order valence-corrected chi connectivity index (χ2v) is 6.53. The van der Waals surface area contributed by atoms with Gasteiger partial charge < -0.3 is 14.7 Å². The number of carboxylic acids is 1. The molecule has 8 heteroatoms. The van der Waals surface area contributed by atoms with Gasteiger partial charge in [-0.15, -0.1) is 0 Å². The van der Waals surface area contributed by atoms with Crippen molar-refractivity contribution < 1.29 is 27.8 Å². The van der Waals surface area contributed by atoms with Gasteiger partial charge in [-0.25, -0.2) is 4.79 Å². The molecule has 28 heavy (non-hydrogen) atoms. The van der Waals surface area contributed by atoms with Crippen molar-refractivity contribution in [1.29, 1.82) is 0 Å². The number of piperazine rings is 1. The second-order valence-electron chi connectivity index (χ2n) is 6.53. The third kappa shape index (κ3) is 4.95. The van der Waals surface area contributed by atoms with Gasteiger partial charge in [0.1, 0.15) is 17.9 Å². The summed E-state index contributed by atoms with van der Waals surface area (Å²) in [6, 6.07) is 11.8. The molecule has 1 fully saturated rings. The zero-order chi connectivity index (χ0) is 20.1. The number of hydrogen-bond acceptors (Lipinski definition) is 4. The van der Waals surface area contributed by atoms with Gasteiger partial charge in [0.25, 0.3) is 0 Å². The first-order valence-electron chi connectivity index (χ1n) is 8.94. The number of para-hydroxylation sites is 1. The summed E-state index contributed by atoms with van der Waals surface area (Å²) in [6.07, 6.45) is -4.35. The van der Waals surface area contributed by atoms with Crippen LogP contribution in [0.5, 0.6) is 5.75 Å². The van der Waals surface area contributed by atoms with Crippen molar-refractivity contribution in [3.8, 4) is 5.75 Å². The quantitative estimate of drug-likeness (QED) is 0.811. The molecule has 2 aromatic carbocycles. The fourth-order valence-corrected chi connectivity index (χ4v) is 3.16. The van der Waals surface area contributed by atoms with Gasteiger partial charge in [0.15, 0.2) is 0 Å². The molecule has 0 spiro atoms. The molecular weight excluding hydrogens is 373 g/mol. The summed E-state index contributed by atoms with van der Waals surface area (Å²) in [7, 11) is 0. The molecule has 0 bridgehead atoms. The molecule has 0 aromatic heterocycles. The van der Waals surface area contributed by atoms with E-state index in [-0.39, 0.29) is 5.56 Å². The van der Waals surface area contributed by atoms with Crippen LogP contribution in [0, 0.1) is 0 Å². The van der Waals surface area contributed by atoms with Crippen LogP contribution >= 0.6 is 0 Å². The van der Waals surface area contributed by atoms with Crippen molar-refractivity contribution in [3.63, 3.8) is 0 Å². The molecule has 2 aromatic rings. The number of carbonyl (C=O) groups is 1. The number of nitrogens with zero attached hydrogens (tertiary/aromatic N) is 2. The van der Waals surface area contributed by atoms with E-state index in [0.29, 0.717) is 50.8 Å². The maximum atomic E-state index is 12.9. The first-order chi connectivity index (χ1) is 13.3. The SMILES string of the molecule is O=C(O)c1ccccc1OCCN1CCN(c2cccc(C(F)(F)F)c2)CC1. The Balaban J connectivity index is 1.49. The molecule has 0 radical (unpaired) electrons. The minimum atomic E-state index is -4.35. The Kier molecular flexibility index (Phi) is 6.08. The molecule has 0 atom stereocenters. The smallest absolute Gasteiger partial charge is 0.416 e. The third-order valence-corrected chi connectivity index (χ3v) is 4.69. The molecule has 5 nitrogen and oxygen atoms in total. The lowest BCUT2D eigenvalue weighted by Gasteiger charge is -2.36. The lowest BCUT2D eigenvalue weighted by atomic mass is 10.1. The molecule has 1 heterocycles. The normalized spacial score (nSPS) is 15.5. The van der Waals surface area contributed by atoms with E-state index in [9.17, 15) is 18.0 Å². The minimum Gasteiger partial charge on any atom is -0.491 e. The number of ether oxygens (including phenoxy) is 1. The van der Waals surface area contributed by atoms with E-state index in [1.54, 1.807) is 24.3 Å². The van der Waals surface area contributed by atoms with E-state index in [2.05, 4.69) is 4.90 Å². The molecule has 0 unspecified atom stereocenters. The Morgan fingerprint density at radius 1 is 1.04 bits per heavy atom. The number of anilines is 1. The number of rotatable bonds is 6. The van der Waals surface area contributed by atoms with Gasteiger partial charge in [-0.2, -0.15) is 13.2 Å². The first-order valence-corrected chi connectivity index (χ1v) is 8.94. The summed E-state index contributed by atoms with van der Waals surface area (Å²) < 4.78 is 44.2. The molecule has 0 aliphatic carbocycles. The Bertz CT molecular complexity index is 818. The summed E-state index contributed by atoms with van der Waals surface area (Å²) in [4.78, 5) is 15.3. The highest BCUT2D eigenvalue weighted by molar-refractivity contribution is 5.90. The van der Waals surface area contributed by atoms with Gasteiger partial charge >= 0.3 is 12.1 Å². The summed E-state index contributed by atoms with van der Waals surface area (Å²) >= 11 is 0. The van der Waals surface area contributed by atoms with E-state index in [4.69, 9.17) is 9.84 Å². The number of alkyl halides is 3. The molecule has 0 amide bonds. The largest absolute Gasteiger partial charge is 0.491 e. The van der Waals surface area contributed by atoms with E-state index in [0.717, 1.165) is 6.07 Å². The lowest BCUT2D eigenvalue weighted by Crippen LogP contribution is -2.47. The van der Waals surface area contributed by atoms with Crippen molar-refractivity contribution in [2.75, 3.05) is 44.2 Å².